The molecule has 1 saturated heterocycles. The van der Waals surface area contributed by atoms with Crippen molar-refractivity contribution in [1.29, 1.82) is 0 Å². The van der Waals surface area contributed by atoms with Crippen LogP contribution in [0.25, 0.3) is 6.08 Å². The molecule has 0 aromatic heterocycles. The van der Waals surface area contributed by atoms with Crippen molar-refractivity contribution in [3.8, 4) is 23.8 Å². The van der Waals surface area contributed by atoms with Crippen molar-refractivity contribution >= 4 is 23.6 Å². The molecule has 0 bridgehead atoms. The van der Waals surface area contributed by atoms with Crippen molar-refractivity contribution in [2.45, 2.75) is 6.92 Å². The Morgan fingerprint density at radius 1 is 1.15 bits per heavy atom. The highest BCUT2D eigenvalue weighted by Gasteiger charge is 2.34. The average Bonchev–Trinajstić information content (AvgIpc) is 2.95. The summed E-state index contributed by atoms with van der Waals surface area (Å²) in [5, 5.41) is 1.23. The summed E-state index contributed by atoms with van der Waals surface area (Å²) >= 11 is 0. The molecule has 0 unspecified atom stereocenters. The summed E-state index contributed by atoms with van der Waals surface area (Å²) in [4.78, 5) is 24.9. The van der Waals surface area contributed by atoms with E-state index in [4.69, 9.17) is 15.9 Å². The molecule has 0 radical (unpaired) electrons. The maximum absolute atomic E-state index is 12.7. The van der Waals surface area contributed by atoms with Crippen molar-refractivity contribution in [3.63, 3.8) is 0 Å². The average molecular weight is 362 g/mol. The van der Waals surface area contributed by atoms with Gasteiger partial charge in [0.1, 0.15) is 12.2 Å². The van der Waals surface area contributed by atoms with E-state index in [2.05, 4.69) is 11.3 Å². The second-order valence-electron chi connectivity index (χ2n) is 5.88. The molecule has 6 heteroatoms. The zero-order chi connectivity index (χ0) is 19.4. The van der Waals surface area contributed by atoms with Crippen LogP contribution in [0.1, 0.15) is 11.1 Å². The first kappa shape index (κ1) is 18.1. The quantitative estimate of drug-likeness (QED) is 0.504. The molecule has 2 amide bonds. The van der Waals surface area contributed by atoms with Crippen molar-refractivity contribution in [3.05, 3.63) is 59.2 Å². The fraction of sp³-hybridized carbons (Fsp3) is 0.143. The van der Waals surface area contributed by atoms with Crippen LogP contribution in [-0.4, -0.2) is 25.5 Å². The van der Waals surface area contributed by atoms with Crippen molar-refractivity contribution in [2.75, 3.05) is 18.7 Å². The van der Waals surface area contributed by atoms with Gasteiger partial charge < -0.3 is 9.47 Å². The third kappa shape index (κ3) is 3.77. The third-order valence-corrected chi connectivity index (χ3v) is 3.99. The van der Waals surface area contributed by atoms with Crippen molar-refractivity contribution < 1.29 is 19.1 Å². The predicted molar refractivity (Wildman–Crippen MR) is 102 cm³/mol. The number of carbonyl (C=O) groups excluding carboxylic acids is 2. The summed E-state index contributed by atoms with van der Waals surface area (Å²) in [6.07, 6.45) is 6.71. The Bertz CT molecular complexity index is 955. The number of nitrogens with zero attached hydrogens (tertiary/aromatic N) is 1. The van der Waals surface area contributed by atoms with Gasteiger partial charge in [-0.2, -0.15) is 0 Å². The number of nitrogens with one attached hydrogen (secondary N) is 1. The normalized spacial score (nSPS) is 14.9. The largest absolute Gasteiger partial charge is 0.493 e. The van der Waals surface area contributed by atoms with E-state index in [0.29, 0.717) is 22.7 Å². The van der Waals surface area contributed by atoms with Crippen molar-refractivity contribution in [2.24, 2.45) is 0 Å². The van der Waals surface area contributed by atoms with Crippen LogP contribution in [0.2, 0.25) is 0 Å². The van der Waals surface area contributed by atoms with E-state index in [9.17, 15) is 9.59 Å². The van der Waals surface area contributed by atoms with E-state index in [1.54, 1.807) is 30.3 Å². The summed E-state index contributed by atoms with van der Waals surface area (Å²) in [6, 6.07) is 12.4. The molecule has 1 aliphatic rings. The van der Waals surface area contributed by atoms with Gasteiger partial charge in [-0.15, -0.1) is 6.42 Å². The van der Waals surface area contributed by atoms with E-state index < -0.39 is 11.8 Å². The number of anilines is 1. The molecule has 0 atom stereocenters. The number of benzene rings is 2. The first-order valence-corrected chi connectivity index (χ1v) is 8.21. The molecule has 0 saturated carbocycles. The summed E-state index contributed by atoms with van der Waals surface area (Å²) in [6.45, 7) is 2.06. The smallest absolute Gasteiger partial charge is 0.282 e. The molecule has 3 rings (SSSR count). The van der Waals surface area contributed by atoms with Gasteiger partial charge in [-0.25, -0.2) is 5.01 Å². The highest BCUT2D eigenvalue weighted by atomic mass is 16.5. The lowest BCUT2D eigenvalue weighted by Gasteiger charge is -2.14. The minimum Gasteiger partial charge on any atom is -0.493 e. The van der Waals surface area contributed by atoms with E-state index >= 15 is 0 Å². The lowest BCUT2D eigenvalue weighted by atomic mass is 10.1. The minimum atomic E-state index is -0.466. The number of hydrogen-bond acceptors (Lipinski definition) is 4. The van der Waals surface area contributed by atoms with Gasteiger partial charge in [-0.05, 0) is 42.8 Å². The van der Waals surface area contributed by atoms with E-state index in [0.717, 1.165) is 5.56 Å². The Morgan fingerprint density at radius 3 is 2.56 bits per heavy atom. The van der Waals surface area contributed by atoms with Crippen LogP contribution in [-0.2, 0) is 9.59 Å². The van der Waals surface area contributed by atoms with Crippen LogP contribution in [0.4, 0.5) is 5.69 Å². The minimum absolute atomic E-state index is 0.0370. The van der Waals surface area contributed by atoms with Gasteiger partial charge in [0.2, 0.25) is 0 Å². The number of carbonyl (C=O) groups is 2. The second kappa shape index (κ2) is 7.67. The van der Waals surface area contributed by atoms with E-state index in [1.165, 1.54) is 18.2 Å². The van der Waals surface area contributed by atoms with Gasteiger partial charge in [0, 0.05) is 0 Å². The van der Waals surface area contributed by atoms with Gasteiger partial charge in [0.05, 0.1) is 12.8 Å². The van der Waals surface area contributed by atoms with Crippen LogP contribution < -0.4 is 19.9 Å². The number of amides is 2. The Kier molecular flexibility index (Phi) is 5.13. The standard InChI is InChI=1S/C21H18N2O4/c1-4-11-27-18-10-7-15(13-19(18)26-3)12-17-20(24)22-23(21(17)25)16-8-5-14(2)6-9-16/h1,5-10,12-13H,11H2,2-3H3,(H,22,24). The van der Waals surface area contributed by atoms with E-state index in [1.807, 2.05) is 19.1 Å². The molecule has 136 valence electrons. The maximum atomic E-state index is 12.7. The molecule has 27 heavy (non-hydrogen) atoms. The molecule has 2 aromatic carbocycles. The van der Waals surface area contributed by atoms with Gasteiger partial charge in [0.15, 0.2) is 11.5 Å². The molecule has 1 N–H and O–H groups in total. The first-order valence-electron chi connectivity index (χ1n) is 8.21. The predicted octanol–water partition coefficient (Wildman–Crippen LogP) is 2.48. The Morgan fingerprint density at radius 2 is 1.89 bits per heavy atom. The summed E-state index contributed by atoms with van der Waals surface area (Å²) in [5.41, 5.74) is 4.90. The molecule has 0 spiro atoms. The number of methoxy groups -OCH3 is 1. The van der Waals surface area contributed by atoms with Crippen LogP contribution >= 0.6 is 0 Å². The lowest BCUT2D eigenvalue weighted by molar-refractivity contribution is -0.117. The third-order valence-electron chi connectivity index (χ3n) is 3.99. The summed E-state index contributed by atoms with van der Waals surface area (Å²) < 4.78 is 10.7. The Balaban J connectivity index is 1.88. The molecule has 0 aliphatic carbocycles. The molecule has 1 fully saturated rings. The fourth-order valence-corrected chi connectivity index (χ4v) is 2.61. The van der Waals surface area contributed by atoms with Crippen molar-refractivity contribution in [1.82, 2.24) is 5.43 Å². The van der Waals surface area contributed by atoms with Gasteiger partial charge in [-0.3, -0.25) is 15.0 Å². The number of terminal acetylenes is 1. The summed E-state index contributed by atoms with van der Waals surface area (Å²) in [7, 11) is 1.50. The second-order valence-corrected chi connectivity index (χ2v) is 5.88. The number of hydrazine groups is 1. The molecule has 6 nitrogen and oxygen atoms in total. The van der Waals surface area contributed by atoms with Crippen LogP contribution in [0.5, 0.6) is 11.5 Å². The Labute approximate surface area is 157 Å². The zero-order valence-electron chi connectivity index (χ0n) is 15.0. The zero-order valence-corrected chi connectivity index (χ0v) is 15.0. The number of aryl methyl sites for hydroxylation is 1. The summed E-state index contributed by atoms with van der Waals surface area (Å²) in [5.74, 6) is 2.44. The van der Waals surface area contributed by atoms with Crippen LogP contribution in [0, 0.1) is 19.3 Å². The first-order chi connectivity index (χ1) is 13.0. The topological polar surface area (TPSA) is 67.9 Å². The number of ether oxygens (including phenoxy) is 2. The highest BCUT2D eigenvalue weighted by Crippen LogP contribution is 2.30. The number of hydrogen-bond donors (Lipinski definition) is 1. The molecule has 2 aromatic rings. The molecule has 1 heterocycles. The van der Waals surface area contributed by atoms with E-state index in [-0.39, 0.29) is 12.2 Å². The Hall–Kier alpha value is -3.72. The molecular formula is C21H18N2O4. The maximum Gasteiger partial charge on any atom is 0.282 e. The van der Waals surface area contributed by atoms with Crippen LogP contribution in [0.15, 0.2) is 48.0 Å². The molecular weight excluding hydrogens is 344 g/mol. The van der Waals surface area contributed by atoms with Gasteiger partial charge in [-0.1, -0.05) is 29.7 Å². The fourth-order valence-electron chi connectivity index (χ4n) is 2.61. The number of rotatable bonds is 5. The monoisotopic (exact) mass is 362 g/mol. The van der Waals surface area contributed by atoms with Gasteiger partial charge in [0.25, 0.3) is 11.8 Å². The lowest BCUT2D eigenvalue weighted by Crippen LogP contribution is -2.35. The highest BCUT2D eigenvalue weighted by molar-refractivity contribution is 6.31. The van der Waals surface area contributed by atoms with Gasteiger partial charge >= 0.3 is 0 Å². The molecule has 1 aliphatic heterocycles. The SMILES string of the molecule is C#CCOc1ccc(C=C2C(=O)NN(c3ccc(C)cc3)C2=O)cc1OC. The van der Waals surface area contributed by atoms with Crippen LogP contribution in [0.3, 0.4) is 0 Å².